The van der Waals surface area contributed by atoms with Gasteiger partial charge in [0, 0.05) is 25.2 Å². The lowest BCUT2D eigenvalue weighted by Crippen LogP contribution is -2.49. The molecule has 1 aliphatic carbocycles. The van der Waals surface area contributed by atoms with Gasteiger partial charge in [0.25, 0.3) is 5.91 Å². The van der Waals surface area contributed by atoms with Crippen molar-refractivity contribution in [3.05, 3.63) is 22.5 Å². The zero-order valence-corrected chi connectivity index (χ0v) is 17.3. The molecule has 1 fully saturated rings. The second kappa shape index (κ2) is 9.23. The summed E-state index contributed by atoms with van der Waals surface area (Å²) in [6, 6.07) is -0.433. The Balaban J connectivity index is 2.05. The van der Waals surface area contributed by atoms with E-state index >= 15 is 0 Å². The van der Waals surface area contributed by atoms with Crippen molar-refractivity contribution >= 4 is 17.8 Å². The minimum atomic E-state index is -0.794. The molecule has 3 atom stereocenters. The lowest BCUT2D eigenvalue weighted by Gasteiger charge is -2.34. The van der Waals surface area contributed by atoms with Crippen LogP contribution in [0.4, 0.5) is 0 Å². The van der Waals surface area contributed by atoms with Gasteiger partial charge in [0.15, 0.2) is 0 Å². The summed E-state index contributed by atoms with van der Waals surface area (Å²) in [5, 5.41) is 13.3. The van der Waals surface area contributed by atoms with Crippen molar-refractivity contribution in [3.8, 4) is 0 Å². The molecule has 0 aromatic carbocycles. The molecule has 1 aliphatic rings. The van der Waals surface area contributed by atoms with E-state index in [1.807, 2.05) is 6.92 Å². The molecule has 0 bridgehead atoms. The van der Waals surface area contributed by atoms with Crippen molar-refractivity contribution in [2.24, 2.45) is 5.92 Å². The number of carbonyl (C=O) groups is 3. The molecule has 0 unspecified atom stereocenters. The Morgan fingerprint density at radius 2 is 1.93 bits per heavy atom. The molecule has 2 amide bonds. The molecular formula is C20H31N3O5. The predicted octanol–water partition coefficient (Wildman–Crippen LogP) is 1.55. The van der Waals surface area contributed by atoms with Crippen LogP contribution in [0.5, 0.6) is 0 Å². The number of amides is 2. The molecule has 1 heterocycles. The fourth-order valence-electron chi connectivity index (χ4n) is 3.73. The first-order valence-electron chi connectivity index (χ1n) is 9.81. The Morgan fingerprint density at radius 1 is 1.25 bits per heavy atom. The van der Waals surface area contributed by atoms with E-state index < -0.39 is 18.1 Å². The van der Waals surface area contributed by atoms with Gasteiger partial charge in [0.2, 0.25) is 5.91 Å². The van der Waals surface area contributed by atoms with E-state index in [4.69, 9.17) is 4.74 Å². The monoisotopic (exact) mass is 393 g/mol. The van der Waals surface area contributed by atoms with Crippen LogP contribution in [0, 0.1) is 19.8 Å². The van der Waals surface area contributed by atoms with E-state index in [2.05, 4.69) is 10.3 Å². The molecule has 3 N–H and O–H groups in total. The van der Waals surface area contributed by atoms with Gasteiger partial charge in [-0.3, -0.25) is 9.59 Å². The minimum Gasteiger partial charge on any atom is -0.462 e. The second-order valence-corrected chi connectivity index (χ2v) is 7.36. The zero-order valence-electron chi connectivity index (χ0n) is 17.3. The summed E-state index contributed by atoms with van der Waals surface area (Å²) in [5.41, 5.74) is 1.75. The highest BCUT2D eigenvalue weighted by molar-refractivity contribution is 6.00. The predicted molar refractivity (Wildman–Crippen MR) is 104 cm³/mol. The van der Waals surface area contributed by atoms with Crippen molar-refractivity contribution in [1.29, 1.82) is 0 Å². The molecule has 0 aliphatic heterocycles. The van der Waals surface area contributed by atoms with Crippen LogP contribution in [0.25, 0.3) is 0 Å². The summed E-state index contributed by atoms with van der Waals surface area (Å²) in [4.78, 5) is 41.7. The highest BCUT2D eigenvalue weighted by Crippen LogP contribution is 2.27. The van der Waals surface area contributed by atoms with E-state index in [0.29, 0.717) is 42.6 Å². The molecule has 1 aromatic rings. The van der Waals surface area contributed by atoms with Crippen LogP contribution in [0.2, 0.25) is 0 Å². The number of aliphatic hydroxyl groups is 1. The summed E-state index contributed by atoms with van der Waals surface area (Å²) in [5.74, 6) is -1.04. The lowest BCUT2D eigenvalue weighted by atomic mass is 9.83. The van der Waals surface area contributed by atoms with E-state index in [0.717, 1.165) is 0 Å². The molecule has 28 heavy (non-hydrogen) atoms. The smallest absolute Gasteiger partial charge is 0.340 e. The first-order valence-corrected chi connectivity index (χ1v) is 9.81. The minimum absolute atomic E-state index is 0.0289. The molecule has 0 saturated heterocycles. The topological polar surface area (TPSA) is 112 Å². The van der Waals surface area contributed by atoms with Crippen LogP contribution in [0.1, 0.15) is 65.2 Å². The molecule has 156 valence electrons. The van der Waals surface area contributed by atoms with E-state index in [1.165, 1.54) is 0 Å². The number of carbonyl (C=O) groups excluding carboxylic acids is 3. The van der Waals surface area contributed by atoms with Crippen molar-refractivity contribution in [3.63, 3.8) is 0 Å². The van der Waals surface area contributed by atoms with Gasteiger partial charge >= 0.3 is 5.97 Å². The number of H-pyrrole nitrogens is 1. The maximum atomic E-state index is 12.7. The van der Waals surface area contributed by atoms with Gasteiger partial charge in [-0.15, -0.1) is 0 Å². The van der Waals surface area contributed by atoms with Crippen LogP contribution in [-0.4, -0.2) is 65.1 Å². The van der Waals surface area contributed by atoms with Gasteiger partial charge in [-0.1, -0.05) is 0 Å². The van der Waals surface area contributed by atoms with Gasteiger partial charge in [0.1, 0.15) is 5.69 Å². The van der Waals surface area contributed by atoms with Crippen LogP contribution < -0.4 is 5.32 Å². The first-order chi connectivity index (χ1) is 13.2. The number of aromatic nitrogens is 1. The maximum absolute atomic E-state index is 12.7. The van der Waals surface area contributed by atoms with Gasteiger partial charge in [0.05, 0.1) is 24.3 Å². The van der Waals surface area contributed by atoms with Gasteiger partial charge in [-0.25, -0.2) is 4.79 Å². The number of rotatable bonds is 6. The molecule has 1 saturated carbocycles. The number of hydrogen-bond donors (Lipinski definition) is 3. The number of nitrogens with zero attached hydrogens (tertiary/aromatic N) is 1. The second-order valence-electron chi connectivity index (χ2n) is 7.36. The van der Waals surface area contributed by atoms with E-state index in [9.17, 15) is 19.5 Å². The number of hydrogen-bond acceptors (Lipinski definition) is 5. The number of esters is 1. The Hall–Kier alpha value is -2.35. The third-order valence-electron chi connectivity index (χ3n) is 5.48. The zero-order chi connectivity index (χ0) is 21.0. The quantitative estimate of drug-likeness (QED) is 0.635. The third kappa shape index (κ3) is 4.55. The molecule has 1 aromatic heterocycles. The molecule has 8 nitrogen and oxygen atoms in total. The summed E-state index contributed by atoms with van der Waals surface area (Å²) in [6.07, 6.45) is 0.662. The van der Waals surface area contributed by atoms with Crippen LogP contribution in [-0.2, 0) is 9.53 Å². The van der Waals surface area contributed by atoms with Crippen LogP contribution in [0.15, 0.2) is 0 Å². The fraction of sp³-hybridized carbons (Fsp3) is 0.650. The normalized spacial score (nSPS) is 21.9. The maximum Gasteiger partial charge on any atom is 0.340 e. The third-order valence-corrected chi connectivity index (χ3v) is 5.48. The van der Waals surface area contributed by atoms with Gasteiger partial charge in [-0.05, 0) is 52.5 Å². The number of ether oxygens (including phenoxy) is 1. The number of aromatic amines is 1. The number of aliphatic hydroxyl groups excluding tert-OH is 1. The van der Waals surface area contributed by atoms with Crippen molar-refractivity contribution in [1.82, 2.24) is 15.2 Å². The van der Waals surface area contributed by atoms with E-state index in [1.54, 1.807) is 32.7 Å². The SMILES string of the molecule is CCOC(=O)c1c(C)[nH]c(C(=O)N[C@H]2CC[C@H](C(=O)N(C)CC)C[C@@H]2O)c1C. The van der Waals surface area contributed by atoms with E-state index in [-0.39, 0.29) is 30.0 Å². The van der Waals surface area contributed by atoms with Gasteiger partial charge < -0.3 is 25.0 Å². The average Bonchev–Trinajstić information content (AvgIpc) is 2.96. The highest BCUT2D eigenvalue weighted by atomic mass is 16.5. The highest BCUT2D eigenvalue weighted by Gasteiger charge is 2.35. The largest absolute Gasteiger partial charge is 0.462 e. The summed E-state index contributed by atoms with van der Waals surface area (Å²) < 4.78 is 5.05. The molecule has 0 spiro atoms. The number of nitrogens with one attached hydrogen (secondary N) is 2. The summed E-state index contributed by atoms with van der Waals surface area (Å²) >= 11 is 0. The van der Waals surface area contributed by atoms with Crippen molar-refractivity contribution < 1.29 is 24.2 Å². The van der Waals surface area contributed by atoms with Crippen molar-refractivity contribution in [2.45, 2.75) is 59.1 Å². The molecule has 8 heteroatoms. The Morgan fingerprint density at radius 3 is 2.50 bits per heavy atom. The Kier molecular flexibility index (Phi) is 7.23. The van der Waals surface area contributed by atoms with Gasteiger partial charge in [-0.2, -0.15) is 0 Å². The first kappa shape index (κ1) is 21.9. The summed E-state index contributed by atoms with van der Waals surface area (Å²) in [7, 11) is 1.75. The molecule has 2 rings (SSSR count). The van der Waals surface area contributed by atoms with Crippen molar-refractivity contribution in [2.75, 3.05) is 20.2 Å². The Bertz CT molecular complexity index is 742. The molecular weight excluding hydrogens is 362 g/mol. The lowest BCUT2D eigenvalue weighted by molar-refractivity contribution is -0.136. The van der Waals surface area contributed by atoms with Crippen LogP contribution in [0.3, 0.4) is 0 Å². The molecule has 0 radical (unpaired) electrons. The number of aryl methyl sites for hydroxylation is 1. The average molecular weight is 393 g/mol. The van der Waals surface area contributed by atoms with Crippen LogP contribution >= 0.6 is 0 Å². The summed E-state index contributed by atoms with van der Waals surface area (Å²) in [6.45, 7) is 7.92. The Labute approximate surface area is 165 Å². The fourth-order valence-corrected chi connectivity index (χ4v) is 3.73. The standard InChI is InChI=1S/C20H31N3O5/c1-6-23(5)19(26)13-8-9-14(15(24)10-13)22-18(25)17-11(3)16(12(4)21-17)20(27)28-7-2/h13-15,21,24H,6-10H2,1-5H3,(H,22,25)/t13-,14-,15-/m0/s1.